The highest BCUT2D eigenvalue weighted by Crippen LogP contribution is 2.49. The van der Waals surface area contributed by atoms with E-state index in [0.717, 1.165) is 30.6 Å². The fourth-order valence-corrected chi connectivity index (χ4v) is 4.19. The SMILES string of the molecule is CCCCC([C@@H](O)CO)N1c2ccccc2Sc2ccccc21. The van der Waals surface area contributed by atoms with Crippen LogP contribution < -0.4 is 4.90 Å². The minimum Gasteiger partial charge on any atom is -0.394 e. The summed E-state index contributed by atoms with van der Waals surface area (Å²) in [5.41, 5.74) is 2.23. The van der Waals surface area contributed by atoms with Crippen LogP contribution in [0.4, 0.5) is 11.4 Å². The Morgan fingerprint density at radius 3 is 2.09 bits per heavy atom. The quantitative estimate of drug-likeness (QED) is 0.833. The van der Waals surface area contributed by atoms with Crippen molar-refractivity contribution in [2.45, 2.75) is 48.1 Å². The molecule has 0 saturated carbocycles. The summed E-state index contributed by atoms with van der Waals surface area (Å²) >= 11 is 1.76. The molecule has 0 spiro atoms. The van der Waals surface area contributed by atoms with E-state index in [0.29, 0.717) is 0 Å². The third-order valence-corrected chi connectivity index (χ3v) is 5.42. The summed E-state index contributed by atoms with van der Waals surface area (Å²) in [5, 5.41) is 20.0. The average Bonchev–Trinajstić information content (AvgIpc) is 2.60. The van der Waals surface area contributed by atoms with Crippen molar-refractivity contribution in [3.63, 3.8) is 0 Å². The molecule has 0 saturated heterocycles. The third kappa shape index (κ3) is 3.25. The van der Waals surface area contributed by atoms with Crippen molar-refractivity contribution in [2.24, 2.45) is 0 Å². The molecule has 1 aliphatic rings. The minimum absolute atomic E-state index is 0.122. The first-order chi connectivity index (χ1) is 11.3. The maximum atomic E-state index is 10.4. The lowest BCUT2D eigenvalue weighted by Gasteiger charge is -2.40. The van der Waals surface area contributed by atoms with Gasteiger partial charge >= 0.3 is 0 Å². The molecule has 0 aliphatic carbocycles. The number of aliphatic hydroxyl groups excluding tert-OH is 2. The third-order valence-electron chi connectivity index (χ3n) is 4.29. The van der Waals surface area contributed by atoms with E-state index in [1.165, 1.54) is 9.79 Å². The first kappa shape index (κ1) is 16.4. The van der Waals surface area contributed by atoms with E-state index in [9.17, 15) is 10.2 Å². The summed E-state index contributed by atoms with van der Waals surface area (Å²) in [7, 11) is 0. The maximum absolute atomic E-state index is 10.4. The van der Waals surface area contributed by atoms with Gasteiger partial charge in [-0.25, -0.2) is 0 Å². The van der Waals surface area contributed by atoms with E-state index in [4.69, 9.17) is 0 Å². The number of nitrogens with zero attached hydrogens (tertiary/aromatic N) is 1. The van der Waals surface area contributed by atoms with E-state index in [1.807, 2.05) is 24.3 Å². The molecule has 122 valence electrons. The molecule has 0 bridgehead atoms. The molecule has 2 aromatic carbocycles. The van der Waals surface area contributed by atoms with Crippen LogP contribution in [0.1, 0.15) is 26.2 Å². The molecule has 2 N–H and O–H groups in total. The first-order valence-electron chi connectivity index (χ1n) is 8.20. The maximum Gasteiger partial charge on any atom is 0.0977 e. The topological polar surface area (TPSA) is 43.7 Å². The van der Waals surface area contributed by atoms with Gasteiger partial charge in [0.25, 0.3) is 0 Å². The molecule has 2 atom stereocenters. The molecule has 1 aliphatic heterocycles. The largest absolute Gasteiger partial charge is 0.394 e. The lowest BCUT2D eigenvalue weighted by Crippen LogP contribution is -2.44. The van der Waals surface area contributed by atoms with Crippen molar-refractivity contribution in [2.75, 3.05) is 11.5 Å². The zero-order valence-corrected chi connectivity index (χ0v) is 14.2. The summed E-state index contributed by atoms with van der Waals surface area (Å²) in [5.74, 6) is 0. The van der Waals surface area contributed by atoms with Gasteiger partial charge in [0, 0.05) is 9.79 Å². The molecule has 2 aromatic rings. The van der Waals surface area contributed by atoms with Crippen molar-refractivity contribution in [1.29, 1.82) is 0 Å². The Balaban J connectivity index is 2.08. The van der Waals surface area contributed by atoms with Crippen LogP contribution in [0.3, 0.4) is 0 Å². The van der Waals surface area contributed by atoms with E-state index in [-0.39, 0.29) is 12.6 Å². The van der Waals surface area contributed by atoms with Crippen LogP contribution in [0.2, 0.25) is 0 Å². The second-order valence-electron chi connectivity index (χ2n) is 5.87. The van der Waals surface area contributed by atoms with Crippen molar-refractivity contribution in [3.8, 4) is 0 Å². The van der Waals surface area contributed by atoms with Gasteiger partial charge < -0.3 is 15.1 Å². The van der Waals surface area contributed by atoms with Gasteiger partial charge in [-0.05, 0) is 30.7 Å². The Labute approximate surface area is 142 Å². The van der Waals surface area contributed by atoms with E-state index in [1.54, 1.807) is 11.8 Å². The summed E-state index contributed by atoms with van der Waals surface area (Å²) in [6, 6.07) is 16.5. The van der Waals surface area contributed by atoms with Crippen molar-refractivity contribution >= 4 is 23.1 Å². The van der Waals surface area contributed by atoms with E-state index >= 15 is 0 Å². The van der Waals surface area contributed by atoms with Crippen LogP contribution in [0, 0.1) is 0 Å². The normalized spacial score (nSPS) is 15.7. The predicted molar refractivity (Wildman–Crippen MR) is 95.6 cm³/mol. The van der Waals surface area contributed by atoms with Crippen LogP contribution in [-0.2, 0) is 0 Å². The van der Waals surface area contributed by atoms with Gasteiger partial charge in [-0.15, -0.1) is 0 Å². The Morgan fingerprint density at radius 2 is 1.57 bits per heavy atom. The van der Waals surface area contributed by atoms with Crippen LogP contribution in [0.25, 0.3) is 0 Å². The number of hydrogen-bond acceptors (Lipinski definition) is 4. The molecule has 3 rings (SSSR count). The van der Waals surface area contributed by atoms with Crippen molar-refractivity contribution in [3.05, 3.63) is 48.5 Å². The average molecular weight is 329 g/mol. The molecule has 0 amide bonds. The first-order valence-corrected chi connectivity index (χ1v) is 9.02. The lowest BCUT2D eigenvalue weighted by molar-refractivity contribution is 0.0709. The van der Waals surface area contributed by atoms with Gasteiger partial charge in [-0.1, -0.05) is 55.8 Å². The number of rotatable bonds is 6. The van der Waals surface area contributed by atoms with Gasteiger partial charge in [0.2, 0.25) is 0 Å². The number of fused-ring (bicyclic) bond motifs is 2. The Hall–Kier alpha value is -1.49. The Kier molecular flexibility index (Phi) is 5.26. The zero-order chi connectivity index (χ0) is 16.2. The van der Waals surface area contributed by atoms with Crippen molar-refractivity contribution in [1.82, 2.24) is 0 Å². The number of unbranched alkanes of at least 4 members (excludes halogenated alkanes) is 1. The smallest absolute Gasteiger partial charge is 0.0977 e. The highest BCUT2D eigenvalue weighted by Gasteiger charge is 2.32. The van der Waals surface area contributed by atoms with Crippen LogP contribution >= 0.6 is 11.8 Å². The monoisotopic (exact) mass is 329 g/mol. The molecule has 23 heavy (non-hydrogen) atoms. The second kappa shape index (κ2) is 7.39. The molecular formula is C19H23NO2S. The van der Waals surface area contributed by atoms with Crippen molar-refractivity contribution < 1.29 is 10.2 Å². The summed E-state index contributed by atoms with van der Waals surface area (Å²) < 4.78 is 0. The number of benzene rings is 2. The number of aliphatic hydroxyl groups is 2. The Bertz CT molecular complexity index is 616. The zero-order valence-electron chi connectivity index (χ0n) is 13.4. The van der Waals surface area contributed by atoms with Gasteiger partial charge in [0.05, 0.1) is 30.1 Å². The van der Waals surface area contributed by atoms with Gasteiger partial charge in [0.1, 0.15) is 0 Å². The minimum atomic E-state index is -0.759. The lowest BCUT2D eigenvalue weighted by atomic mass is 10.0. The molecule has 0 aromatic heterocycles. The highest BCUT2D eigenvalue weighted by atomic mass is 32.2. The number of anilines is 2. The van der Waals surface area contributed by atoms with Gasteiger partial charge in [-0.3, -0.25) is 0 Å². The van der Waals surface area contributed by atoms with Crippen LogP contribution in [0.5, 0.6) is 0 Å². The number of hydrogen-bond donors (Lipinski definition) is 2. The summed E-state index contributed by atoms with van der Waals surface area (Å²) in [6.45, 7) is 1.93. The molecule has 0 radical (unpaired) electrons. The van der Waals surface area contributed by atoms with Gasteiger partial charge in [0.15, 0.2) is 0 Å². The Morgan fingerprint density at radius 1 is 1.00 bits per heavy atom. The van der Waals surface area contributed by atoms with E-state index in [2.05, 4.69) is 36.1 Å². The molecule has 3 nitrogen and oxygen atoms in total. The van der Waals surface area contributed by atoms with Crippen LogP contribution in [-0.4, -0.2) is 29.0 Å². The predicted octanol–water partition coefficient (Wildman–Crippen LogP) is 4.20. The standard InChI is InChI=1S/C19H23NO2S/c1-2-3-8-14(17(22)13-21)20-15-9-4-6-11-18(15)23-19-12-7-5-10-16(19)20/h4-7,9-12,14,17,21-22H,2-3,8,13H2,1H3/t14?,17-/m0/s1. The molecule has 4 heteroatoms. The molecular weight excluding hydrogens is 306 g/mol. The van der Waals surface area contributed by atoms with Crippen LogP contribution in [0.15, 0.2) is 58.3 Å². The second-order valence-corrected chi connectivity index (χ2v) is 6.95. The van der Waals surface area contributed by atoms with Gasteiger partial charge in [-0.2, -0.15) is 0 Å². The molecule has 0 fully saturated rings. The van der Waals surface area contributed by atoms with E-state index < -0.39 is 6.10 Å². The molecule has 1 unspecified atom stereocenters. The fourth-order valence-electron chi connectivity index (χ4n) is 3.12. The molecule has 1 heterocycles. The summed E-state index contributed by atoms with van der Waals surface area (Å²) in [6.07, 6.45) is 2.19. The summed E-state index contributed by atoms with van der Waals surface area (Å²) in [4.78, 5) is 4.60. The highest BCUT2D eigenvalue weighted by molar-refractivity contribution is 7.99. The fraction of sp³-hybridized carbons (Fsp3) is 0.368. The number of para-hydroxylation sites is 2.